The minimum atomic E-state index is -1.27. The van der Waals surface area contributed by atoms with Crippen LogP contribution in [0.5, 0.6) is 0 Å². The van der Waals surface area contributed by atoms with Crippen LogP contribution in [0, 0.1) is 28.6 Å². The van der Waals surface area contributed by atoms with Crippen molar-refractivity contribution in [1.29, 1.82) is 5.26 Å². The highest BCUT2D eigenvalue weighted by Crippen LogP contribution is 2.62. The number of hydrogen-bond acceptors (Lipinski definition) is 6. The van der Waals surface area contributed by atoms with E-state index in [9.17, 15) is 10.1 Å². The third-order valence-electron chi connectivity index (χ3n) is 6.53. The van der Waals surface area contributed by atoms with Crippen molar-refractivity contribution in [3.63, 3.8) is 0 Å². The average molecular weight is 399 g/mol. The molecule has 28 heavy (non-hydrogen) atoms. The van der Waals surface area contributed by atoms with Crippen molar-refractivity contribution in [3.8, 4) is 6.07 Å². The lowest BCUT2D eigenvalue weighted by Gasteiger charge is -2.50. The van der Waals surface area contributed by atoms with Crippen molar-refractivity contribution in [2.24, 2.45) is 22.2 Å². The predicted octanol–water partition coefficient (Wildman–Crippen LogP) is 4.04. The fourth-order valence-corrected chi connectivity index (χ4v) is 5.92. The summed E-state index contributed by atoms with van der Waals surface area (Å²) in [6.07, 6.45) is 2.33. The maximum atomic E-state index is 13.4. The van der Waals surface area contributed by atoms with Crippen molar-refractivity contribution < 1.29 is 14.3 Å². The summed E-state index contributed by atoms with van der Waals surface area (Å²) in [7, 11) is 1.74. The molecule has 0 aliphatic heterocycles. The van der Waals surface area contributed by atoms with Gasteiger partial charge in [-0.3, -0.25) is 0 Å². The Balaban J connectivity index is 2.26. The Morgan fingerprint density at radius 2 is 2.04 bits per heavy atom. The number of ether oxygens (including phenoxy) is 2. The highest BCUT2D eigenvalue weighted by molar-refractivity contribution is 7.78. The third-order valence-corrected chi connectivity index (χ3v) is 6.62. The summed E-state index contributed by atoms with van der Waals surface area (Å²) in [5.74, 6) is 0.0803. The van der Waals surface area contributed by atoms with Crippen LogP contribution < -0.4 is 0 Å². The number of aliphatic imine (C=N–C) groups is 1. The molecular weight excluding hydrogens is 372 g/mol. The molecule has 0 heterocycles. The average Bonchev–Trinajstić information content (AvgIpc) is 2.91. The van der Waals surface area contributed by atoms with E-state index in [2.05, 4.69) is 30.1 Å². The summed E-state index contributed by atoms with van der Waals surface area (Å²) in [5.41, 5.74) is 0.508. The van der Waals surface area contributed by atoms with E-state index >= 15 is 0 Å². The fourth-order valence-electron chi connectivity index (χ4n) is 5.78. The van der Waals surface area contributed by atoms with Crippen molar-refractivity contribution >= 4 is 23.3 Å². The number of esters is 1. The number of fused-ring (bicyclic) bond motifs is 1. The van der Waals surface area contributed by atoms with Gasteiger partial charge in [0.1, 0.15) is 0 Å². The van der Waals surface area contributed by atoms with Crippen molar-refractivity contribution in [1.82, 2.24) is 0 Å². The summed E-state index contributed by atoms with van der Waals surface area (Å²) < 4.78 is 11.3. The van der Waals surface area contributed by atoms with E-state index in [1.165, 1.54) is 0 Å². The summed E-state index contributed by atoms with van der Waals surface area (Å²) in [6.45, 7) is 6.36. The second-order valence-corrected chi connectivity index (χ2v) is 8.32. The van der Waals surface area contributed by atoms with Gasteiger partial charge in [-0.1, -0.05) is 19.9 Å². The molecule has 0 radical (unpaired) electrons. The number of benzene rings is 1. The third kappa shape index (κ3) is 2.90. The number of carbonyl (C=O) groups excluding carboxylic acids is 1. The Morgan fingerprint density at radius 3 is 2.57 bits per heavy atom. The molecule has 148 valence electrons. The highest BCUT2D eigenvalue weighted by Gasteiger charge is 2.66. The van der Waals surface area contributed by atoms with E-state index in [4.69, 9.17) is 21.7 Å². The number of rotatable bonds is 4. The largest absolute Gasteiger partial charge is 0.464 e. The zero-order valence-electron chi connectivity index (χ0n) is 16.8. The zero-order valence-corrected chi connectivity index (χ0v) is 17.6. The van der Waals surface area contributed by atoms with E-state index in [-0.39, 0.29) is 24.5 Å². The molecule has 2 aliphatic rings. The van der Waals surface area contributed by atoms with Crippen LogP contribution in [-0.2, 0) is 26.2 Å². The van der Waals surface area contributed by atoms with E-state index in [1.807, 2.05) is 6.07 Å². The molecule has 1 aromatic rings. The summed E-state index contributed by atoms with van der Waals surface area (Å²) in [5, 5.41) is 11.9. The van der Waals surface area contributed by atoms with Crippen LogP contribution in [0.1, 0.15) is 50.3 Å². The van der Waals surface area contributed by atoms with Gasteiger partial charge in [0.25, 0.3) is 0 Å². The molecule has 1 spiro atoms. The lowest BCUT2D eigenvalue weighted by molar-refractivity contribution is -0.161. The van der Waals surface area contributed by atoms with E-state index in [0.29, 0.717) is 12.0 Å². The molecule has 6 heteroatoms. The SMILES string of the molecule is CCOC(=O)C1(N=C=S)c2cc(C#N)ccc2CC12CC(C)C(OC)C(C)C2. The molecule has 0 aromatic heterocycles. The fraction of sp³-hybridized carbons (Fsp3) is 0.591. The lowest BCUT2D eigenvalue weighted by Crippen LogP contribution is -2.54. The summed E-state index contributed by atoms with van der Waals surface area (Å²) >= 11 is 5.00. The Hall–Kier alpha value is -2.06. The Bertz CT molecular complexity index is 859. The maximum Gasteiger partial charge on any atom is 0.340 e. The normalized spacial score (nSPS) is 33.6. The van der Waals surface area contributed by atoms with Crippen molar-refractivity contribution in [2.45, 2.75) is 51.7 Å². The Morgan fingerprint density at radius 1 is 1.36 bits per heavy atom. The number of thiocarbonyl (C=S) groups is 1. The molecule has 3 atom stereocenters. The highest BCUT2D eigenvalue weighted by atomic mass is 32.1. The van der Waals surface area contributed by atoms with Crippen LogP contribution in [0.15, 0.2) is 23.2 Å². The monoisotopic (exact) mass is 398 g/mol. The summed E-state index contributed by atoms with van der Waals surface area (Å²) in [4.78, 5) is 18.0. The van der Waals surface area contributed by atoms with Gasteiger partial charge in [-0.15, -0.1) is 0 Å². The first-order valence-corrected chi connectivity index (χ1v) is 10.1. The second kappa shape index (κ2) is 7.75. The van der Waals surface area contributed by atoms with Crippen LogP contribution >= 0.6 is 12.2 Å². The van der Waals surface area contributed by atoms with Gasteiger partial charge in [-0.25, -0.2) is 9.79 Å². The van der Waals surface area contributed by atoms with E-state index < -0.39 is 16.9 Å². The van der Waals surface area contributed by atoms with Crippen LogP contribution in [0.3, 0.4) is 0 Å². The van der Waals surface area contributed by atoms with Gasteiger partial charge >= 0.3 is 5.97 Å². The molecule has 0 N–H and O–H groups in total. The molecule has 3 rings (SSSR count). The predicted molar refractivity (Wildman–Crippen MR) is 109 cm³/mol. The zero-order chi connectivity index (χ0) is 20.5. The van der Waals surface area contributed by atoms with Crippen LogP contribution in [0.25, 0.3) is 0 Å². The van der Waals surface area contributed by atoms with Gasteiger partial charge in [0.05, 0.1) is 29.5 Å². The van der Waals surface area contributed by atoms with Crippen molar-refractivity contribution in [3.05, 3.63) is 34.9 Å². The first-order chi connectivity index (χ1) is 13.4. The molecule has 0 amide bonds. The number of isothiocyanates is 1. The molecular formula is C22H26N2O3S. The second-order valence-electron chi connectivity index (χ2n) is 8.14. The standard InChI is InChI=1S/C22H26N2O3S/c1-5-27-20(25)22(24-13-28)18-8-16(12-23)6-7-17(18)11-21(22)9-14(2)19(26-4)15(3)10-21/h6-8,14-15,19H,5,9-11H2,1-4H3. The van der Waals surface area contributed by atoms with E-state index in [1.54, 1.807) is 26.2 Å². The molecule has 1 aromatic carbocycles. The molecule has 0 saturated heterocycles. The first-order valence-electron chi connectivity index (χ1n) is 9.71. The minimum absolute atomic E-state index is 0.125. The number of nitrogens with zero attached hydrogens (tertiary/aromatic N) is 2. The van der Waals surface area contributed by atoms with E-state index in [0.717, 1.165) is 24.0 Å². The molecule has 3 unspecified atom stereocenters. The van der Waals surface area contributed by atoms with Crippen LogP contribution in [0.2, 0.25) is 0 Å². The van der Waals surface area contributed by atoms with Gasteiger partial charge < -0.3 is 9.47 Å². The van der Waals surface area contributed by atoms with Crippen LogP contribution in [0.4, 0.5) is 0 Å². The molecule has 1 fully saturated rings. The van der Waals surface area contributed by atoms with Gasteiger partial charge in [0.2, 0.25) is 0 Å². The number of methoxy groups -OCH3 is 1. The lowest BCUT2D eigenvalue weighted by atomic mass is 9.56. The first kappa shape index (κ1) is 20.7. The minimum Gasteiger partial charge on any atom is -0.464 e. The number of hydrogen-bond donors (Lipinski definition) is 0. The van der Waals surface area contributed by atoms with Crippen LogP contribution in [-0.4, -0.2) is 31.0 Å². The van der Waals surface area contributed by atoms with Gasteiger partial charge in [0, 0.05) is 12.5 Å². The van der Waals surface area contributed by atoms with Gasteiger partial charge in [-0.05, 0) is 73.5 Å². The quantitative estimate of drug-likeness (QED) is 0.435. The Kier molecular flexibility index (Phi) is 5.72. The molecule has 5 nitrogen and oxygen atoms in total. The van der Waals surface area contributed by atoms with Gasteiger partial charge in [0.15, 0.2) is 5.54 Å². The maximum absolute atomic E-state index is 13.4. The number of carbonyl (C=O) groups is 1. The van der Waals surface area contributed by atoms with Crippen molar-refractivity contribution in [2.75, 3.05) is 13.7 Å². The van der Waals surface area contributed by atoms with Gasteiger partial charge in [-0.2, -0.15) is 5.26 Å². The Labute approximate surface area is 171 Å². The molecule has 1 saturated carbocycles. The molecule has 0 bridgehead atoms. The topological polar surface area (TPSA) is 71.7 Å². The smallest absolute Gasteiger partial charge is 0.340 e. The molecule has 2 aliphatic carbocycles. The number of nitriles is 1. The summed E-state index contributed by atoms with van der Waals surface area (Å²) in [6, 6.07) is 7.68.